The third kappa shape index (κ3) is 5.57. The van der Waals surface area contributed by atoms with Crippen LogP contribution in [-0.4, -0.2) is 27.7 Å². The van der Waals surface area contributed by atoms with E-state index in [0.29, 0.717) is 29.9 Å². The summed E-state index contributed by atoms with van der Waals surface area (Å²) in [5.41, 5.74) is 0.377. The summed E-state index contributed by atoms with van der Waals surface area (Å²) in [6.07, 6.45) is 2.02. The number of aromatic nitrogens is 1. The lowest BCUT2D eigenvalue weighted by Crippen LogP contribution is -2.16. The molecule has 27 heavy (non-hydrogen) atoms. The van der Waals surface area contributed by atoms with Gasteiger partial charge in [-0.15, -0.1) is 0 Å². The van der Waals surface area contributed by atoms with Gasteiger partial charge < -0.3 is 10.1 Å². The highest BCUT2D eigenvalue weighted by atomic mass is 32.1. The van der Waals surface area contributed by atoms with Crippen molar-refractivity contribution in [1.29, 1.82) is 0 Å². The van der Waals surface area contributed by atoms with E-state index in [1.54, 1.807) is 0 Å². The van der Waals surface area contributed by atoms with Crippen molar-refractivity contribution in [2.75, 3.05) is 10.6 Å². The molecule has 0 bridgehead atoms. The van der Waals surface area contributed by atoms with Crippen molar-refractivity contribution >= 4 is 44.9 Å². The second-order valence-electron chi connectivity index (χ2n) is 5.32. The summed E-state index contributed by atoms with van der Waals surface area (Å²) >= 11 is 0.694. The molecule has 0 aliphatic rings. The maximum absolute atomic E-state index is 12.4. The summed E-state index contributed by atoms with van der Waals surface area (Å²) in [6, 6.07) is 4.21. The minimum atomic E-state index is -0.665. The summed E-state index contributed by atoms with van der Waals surface area (Å²) < 4.78 is 5.05. The van der Waals surface area contributed by atoms with E-state index in [1.165, 1.54) is 25.1 Å². The van der Waals surface area contributed by atoms with Crippen LogP contribution < -0.4 is 15.4 Å². The van der Waals surface area contributed by atoms with E-state index in [4.69, 9.17) is 4.74 Å². The van der Waals surface area contributed by atoms with Crippen LogP contribution in [0.3, 0.4) is 0 Å². The SMILES string of the molecule is CCCC(=O)Nc1ccc(C(=O)Nc2ncc([N+](=O)[O-])s2)c(OC(C)=O)c1. The van der Waals surface area contributed by atoms with Crippen molar-refractivity contribution in [2.24, 2.45) is 0 Å². The molecule has 2 aromatic rings. The third-order valence-corrected chi connectivity index (χ3v) is 4.00. The first-order valence-electron chi connectivity index (χ1n) is 7.84. The Kier molecular flexibility index (Phi) is 6.55. The summed E-state index contributed by atoms with van der Waals surface area (Å²) in [4.78, 5) is 49.3. The predicted molar refractivity (Wildman–Crippen MR) is 98.0 cm³/mol. The Morgan fingerprint density at radius 3 is 2.63 bits per heavy atom. The lowest BCUT2D eigenvalue weighted by atomic mass is 10.1. The molecule has 142 valence electrons. The third-order valence-electron chi connectivity index (χ3n) is 3.13. The highest BCUT2D eigenvalue weighted by Crippen LogP contribution is 2.28. The maximum Gasteiger partial charge on any atom is 0.345 e. The van der Waals surface area contributed by atoms with Gasteiger partial charge in [-0.25, -0.2) is 4.98 Å². The zero-order valence-electron chi connectivity index (χ0n) is 14.5. The van der Waals surface area contributed by atoms with Crippen LogP contribution in [-0.2, 0) is 9.59 Å². The molecule has 0 saturated heterocycles. The molecule has 2 rings (SSSR count). The largest absolute Gasteiger partial charge is 0.426 e. The van der Waals surface area contributed by atoms with Gasteiger partial charge in [0.25, 0.3) is 5.91 Å². The van der Waals surface area contributed by atoms with Crippen LogP contribution in [0, 0.1) is 10.1 Å². The predicted octanol–water partition coefficient (Wildman–Crippen LogP) is 2.97. The smallest absolute Gasteiger partial charge is 0.345 e. The standard InChI is InChI=1S/C16H16N4O6S/c1-3-4-13(22)18-10-5-6-11(12(7-10)26-9(2)21)15(23)19-16-17-8-14(27-16)20(24)25/h5-8H,3-4H2,1-2H3,(H,18,22)(H,17,19,23). The average Bonchev–Trinajstić information content (AvgIpc) is 3.03. The van der Waals surface area contributed by atoms with E-state index in [1.807, 2.05) is 6.92 Å². The Bertz CT molecular complexity index is 895. The number of nitrogens with one attached hydrogen (secondary N) is 2. The van der Waals surface area contributed by atoms with Crippen LogP contribution >= 0.6 is 11.3 Å². The Morgan fingerprint density at radius 2 is 2.04 bits per heavy atom. The van der Waals surface area contributed by atoms with Gasteiger partial charge in [0.15, 0.2) is 5.13 Å². The highest BCUT2D eigenvalue weighted by molar-refractivity contribution is 7.18. The van der Waals surface area contributed by atoms with E-state index in [-0.39, 0.29) is 27.4 Å². The van der Waals surface area contributed by atoms with E-state index in [0.717, 1.165) is 6.20 Å². The Labute approximate surface area is 157 Å². The van der Waals surface area contributed by atoms with Gasteiger partial charge in [-0.05, 0) is 29.9 Å². The summed E-state index contributed by atoms with van der Waals surface area (Å²) in [5, 5.41) is 15.5. The van der Waals surface area contributed by atoms with E-state index >= 15 is 0 Å². The minimum absolute atomic E-state index is 0.0107. The number of ether oxygens (including phenoxy) is 1. The van der Waals surface area contributed by atoms with Crippen LogP contribution in [0.1, 0.15) is 37.0 Å². The van der Waals surface area contributed by atoms with Crippen LogP contribution in [0.5, 0.6) is 5.75 Å². The number of carbonyl (C=O) groups is 3. The molecule has 0 radical (unpaired) electrons. The molecule has 0 fully saturated rings. The van der Waals surface area contributed by atoms with Crippen LogP contribution in [0.25, 0.3) is 0 Å². The van der Waals surface area contributed by atoms with Gasteiger partial charge in [0.2, 0.25) is 5.91 Å². The summed E-state index contributed by atoms with van der Waals surface area (Å²) in [5.74, 6) is -1.58. The van der Waals surface area contributed by atoms with Gasteiger partial charge in [-0.3, -0.25) is 29.8 Å². The minimum Gasteiger partial charge on any atom is -0.426 e. The molecule has 0 unspecified atom stereocenters. The van der Waals surface area contributed by atoms with E-state index < -0.39 is 16.8 Å². The lowest BCUT2D eigenvalue weighted by molar-refractivity contribution is -0.380. The first kappa shape index (κ1) is 20.0. The first-order valence-corrected chi connectivity index (χ1v) is 8.65. The molecule has 0 saturated carbocycles. The first-order chi connectivity index (χ1) is 12.8. The zero-order valence-corrected chi connectivity index (χ0v) is 15.3. The Morgan fingerprint density at radius 1 is 1.30 bits per heavy atom. The van der Waals surface area contributed by atoms with Crippen molar-refractivity contribution in [2.45, 2.75) is 26.7 Å². The molecule has 1 aromatic heterocycles. The van der Waals surface area contributed by atoms with Crippen LogP contribution in [0.15, 0.2) is 24.4 Å². The second-order valence-corrected chi connectivity index (χ2v) is 6.33. The quantitative estimate of drug-likeness (QED) is 0.319. The van der Waals surface area contributed by atoms with Gasteiger partial charge in [0.05, 0.1) is 10.5 Å². The molecule has 11 heteroatoms. The van der Waals surface area contributed by atoms with Gasteiger partial charge in [0.1, 0.15) is 11.9 Å². The van der Waals surface area contributed by atoms with Crippen molar-refractivity contribution in [1.82, 2.24) is 4.98 Å². The zero-order chi connectivity index (χ0) is 20.0. The van der Waals surface area contributed by atoms with Crippen LogP contribution in [0.4, 0.5) is 15.8 Å². The Balaban J connectivity index is 2.24. The number of nitrogens with zero attached hydrogens (tertiary/aromatic N) is 2. The molecule has 1 aromatic carbocycles. The van der Waals surface area contributed by atoms with Crippen molar-refractivity contribution in [3.8, 4) is 5.75 Å². The number of carbonyl (C=O) groups excluding carboxylic acids is 3. The van der Waals surface area contributed by atoms with E-state index in [2.05, 4.69) is 15.6 Å². The molecule has 0 aliphatic carbocycles. The number of amides is 2. The van der Waals surface area contributed by atoms with Gasteiger partial charge in [-0.2, -0.15) is 0 Å². The molecule has 0 atom stereocenters. The van der Waals surface area contributed by atoms with Gasteiger partial charge >= 0.3 is 11.0 Å². The van der Waals surface area contributed by atoms with Gasteiger partial charge in [-0.1, -0.05) is 6.92 Å². The van der Waals surface area contributed by atoms with Crippen molar-refractivity contribution in [3.63, 3.8) is 0 Å². The molecule has 2 N–H and O–H groups in total. The number of esters is 1. The highest BCUT2D eigenvalue weighted by Gasteiger charge is 2.19. The molecule has 2 amide bonds. The molecule has 10 nitrogen and oxygen atoms in total. The average molecular weight is 392 g/mol. The molecule has 0 aliphatic heterocycles. The van der Waals surface area contributed by atoms with Crippen molar-refractivity contribution in [3.05, 3.63) is 40.1 Å². The number of thiazole rings is 1. The normalized spacial score (nSPS) is 10.1. The van der Waals surface area contributed by atoms with Crippen LogP contribution in [0.2, 0.25) is 0 Å². The summed E-state index contributed by atoms with van der Waals surface area (Å²) in [6.45, 7) is 3.04. The number of nitro groups is 1. The number of rotatable bonds is 7. The fraction of sp³-hybridized carbons (Fsp3) is 0.250. The number of anilines is 2. The lowest BCUT2D eigenvalue weighted by Gasteiger charge is -2.11. The number of hydrogen-bond donors (Lipinski definition) is 2. The maximum atomic E-state index is 12.4. The van der Waals surface area contributed by atoms with E-state index in [9.17, 15) is 24.5 Å². The molecular formula is C16H16N4O6S. The summed E-state index contributed by atoms with van der Waals surface area (Å²) in [7, 11) is 0. The fourth-order valence-electron chi connectivity index (χ4n) is 2.05. The second kappa shape index (κ2) is 8.85. The monoisotopic (exact) mass is 392 g/mol. The molecule has 0 spiro atoms. The topological polar surface area (TPSA) is 141 Å². The molecular weight excluding hydrogens is 376 g/mol. The molecule has 1 heterocycles. The van der Waals surface area contributed by atoms with Crippen molar-refractivity contribution < 1.29 is 24.0 Å². The Hall–Kier alpha value is -3.34. The van der Waals surface area contributed by atoms with Gasteiger partial charge in [0, 0.05) is 25.1 Å². The number of hydrogen-bond acceptors (Lipinski definition) is 8. The number of benzene rings is 1. The fourth-order valence-corrected chi connectivity index (χ4v) is 2.68.